The Morgan fingerprint density at radius 3 is 2.50 bits per heavy atom. The monoisotopic (exact) mass is 207 g/mol. The Kier molecular flexibility index (Phi) is 3.15. The fourth-order valence-electron chi connectivity index (χ4n) is 1.26. The van der Waals surface area contributed by atoms with E-state index in [4.69, 9.17) is 5.73 Å². The number of aromatic nitrogens is 2. The molecule has 14 heavy (non-hydrogen) atoms. The smallest absolute Gasteiger partial charge is 0.326 e. The average molecular weight is 207 g/mol. The minimum absolute atomic E-state index is 0.254. The molecule has 2 atom stereocenters. The van der Waals surface area contributed by atoms with Crippen molar-refractivity contribution in [1.82, 2.24) is 9.78 Å². The summed E-state index contributed by atoms with van der Waals surface area (Å²) >= 11 is 0. The highest BCUT2D eigenvalue weighted by molar-refractivity contribution is 4.89. The highest BCUT2D eigenvalue weighted by atomic mass is 19.4. The van der Waals surface area contributed by atoms with E-state index in [9.17, 15) is 13.2 Å². The third-order valence-electron chi connectivity index (χ3n) is 2.02. The van der Waals surface area contributed by atoms with Crippen molar-refractivity contribution in [2.24, 2.45) is 5.73 Å². The molecule has 0 aliphatic heterocycles. The van der Waals surface area contributed by atoms with Gasteiger partial charge in [-0.15, -0.1) is 0 Å². The van der Waals surface area contributed by atoms with Gasteiger partial charge in [0.15, 0.2) is 6.04 Å². The summed E-state index contributed by atoms with van der Waals surface area (Å²) in [5, 5.41) is 3.57. The topological polar surface area (TPSA) is 43.8 Å². The summed E-state index contributed by atoms with van der Waals surface area (Å²) in [5.41, 5.74) is 5.41. The summed E-state index contributed by atoms with van der Waals surface area (Å²) in [6.07, 6.45) is -1.53. The van der Waals surface area contributed by atoms with E-state index in [-0.39, 0.29) is 6.42 Å². The van der Waals surface area contributed by atoms with E-state index < -0.39 is 18.3 Å². The molecule has 0 aromatic carbocycles. The molecule has 1 aromatic rings. The van der Waals surface area contributed by atoms with Gasteiger partial charge < -0.3 is 5.73 Å². The Labute approximate surface area is 79.7 Å². The van der Waals surface area contributed by atoms with Gasteiger partial charge in [0, 0.05) is 18.4 Å². The summed E-state index contributed by atoms with van der Waals surface area (Å²) < 4.78 is 38.6. The van der Waals surface area contributed by atoms with Crippen LogP contribution >= 0.6 is 0 Å². The lowest BCUT2D eigenvalue weighted by Gasteiger charge is -2.25. The predicted octanol–water partition coefficient (Wildman–Crippen LogP) is 1.72. The van der Waals surface area contributed by atoms with Gasteiger partial charge in [-0.1, -0.05) is 6.92 Å². The lowest BCUT2D eigenvalue weighted by molar-refractivity contribution is -0.175. The van der Waals surface area contributed by atoms with Crippen LogP contribution in [-0.2, 0) is 0 Å². The van der Waals surface area contributed by atoms with Gasteiger partial charge in [0.2, 0.25) is 0 Å². The average Bonchev–Trinajstić information content (AvgIpc) is 2.54. The number of nitrogens with zero attached hydrogens (tertiary/aromatic N) is 2. The minimum Gasteiger partial charge on any atom is -0.326 e. The fourth-order valence-corrected chi connectivity index (χ4v) is 1.26. The van der Waals surface area contributed by atoms with Gasteiger partial charge in [-0.3, -0.25) is 4.68 Å². The number of halogens is 3. The van der Waals surface area contributed by atoms with Crippen molar-refractivity contribution in [1.29, 1.82) is 0 Å². The number of hydrogen-bond donors (Lipinski definition) is 1. The van der Waals surface area contributed by atoms with Gasteiger partial charge in [-0.25, -0.2) is 0 Å². The first-order valence-electron chi connectivity index (χ1n) is 4.28. The first-order valence-corrected chi connectivity index (χ1v) is 4.28. The Balaban J connectivity index is 2.94. The molecule has 1 aromatic heterocycles. The molecule has 2 unspecified atom stereocenters. The van der Waals surface area contributed by atoms with Crippen LogP contribution in [0, 0.1) is 0 Å². The van der Waals surface area contributed by atoms with Gasteiger partial charge in [0.25, 0.3) is 0 Å². The molecule has 0 amide bonds. The lowest BCUT2D eigenvalue weighted by Crippen LogP contribution is -2.41. The quantitative estimate of drug-likeness (QED) is 0.820. The van der Waals surface area contributed by atoms with E-state index in [1.807, 2.05) is 0 Å². The second-order valence-electron chi connectivity index (χ2n) is 3.04. The maximum absolute atomic E-state index is 12.6. The summed E-state index contributed by atoms with van der Waals surface area (Å²) in [5.74, 6) is 0. The number of hydrogen-bond acceptors (Lipinski definition) is 2. The van der Waals surface area contributed by atoms with E-state index in [1.54, 1.807) is 6.92 Å². The van der Waals surface area contributed by atoms with E-state index in [0.717, 1.165) is 4.68 Å². The summed E-state index contributed by atoms with van der Waals surface area (Å²) in [7, 11) is 0. The Hall–Kier alpha value is -1.04. The van der Waals surface area contributed by atoms with Crippen molar-refractivity contribution in [2.45, 2.75) is 31.6 Å². The standard InChI is InChI=1S/C8H12F3N3/c1-2-6(12)7(8(9,10)11)14-5-3-4-13-14/h3-7H,2,12H2,1H3. The molecule has 1 heterocycles. The Bertz CT molecular complexity index is 268. The molecule has 2 N–H and O–H groups in total. The molecule has 6 heteroatoms. The van der Waals surface area contributed by atoms with Gasteiger partial charge in [-0.05, 0) is 12.5 Å². The maximum Gasteiger partial charge on any atom is 0.412 e. The van der Waals surface area contributed by atoms with Crippen molar-refractivity contribution in [2.75, 3.05) is 0 Å². The zero-order chi connectivity index (χ0) is 10.8. The molecular formula is C8H12F3N3. The first kappa shape index (κ1) is 11.0. The molecule has 80 valence electrons. The summed E-state index contributed by atoms with van der Waals surface area (Å²) in [6, 6.07) is -1.25. The molecule has 0 radical (unpaired) electrons. The van der Waals surface area contributed by atoms with Crippen LogP contribution in [-0.4, -0.2) is 22.0 Å². The van der Waals surface area contributed by atoms with Crippen LogP contribution in [0.4, 0.5) is 13.2 Å². The molecule has 0 saturated heterocycles. The molecule has 3 nitrogen and oxygen atoms in total. The molecule has 0 spiro atoms. The predicted molar refractivity (Wildman–Crippen MR) is 45.6 cm³/mol. The van der Waals surface area contributed by atoms with Crippen molar-refractivity contribution in [3.05, 3.63) is 18.5 Å². The van der Waals surface area contributed by atoms with Crippen molar-refractivity contribution in [3.63, 3.8) is 0 Å². The van der Waals surface area contributed by atoms with Crippen molar-refractivity contribution >= 4 is 0 Å². The lowest BCUT2D eigenvalue weighted by atomic mass is 10.1. The van der Waals surface area contributed by atoms with E-state index in [1.165, 1.54) is 18.5 Å². The summed E-state index contributed by atoms with van der Waals surface area (Å²) in [4.78, 5) is 0. The third kappa shape index (κ3) is 2.25. The van der Waals surface area contributed by atoms with Crippen LogP contribution in [0.3, 0.4) is 0 Å². The van der Waals surface area contributed by atoms with Gasteiger partial charge in [0.1, 0.15) is 0 Å². The van der Waals surface area contributed by atoms with Crippen LogP contribution in [0.5, 0.6) is 0 Å². The zero-order valence-corrected chi connectivity index (χ0v) is 7.70. The van der Waals surface area contributed by atoms with E-state index >= 15 is 0 Å². The highest BCUT2D eigenvalue weighted by Gasteiger charge is 2.44. The highest BCUT2D eigenvalue weighted by Crippen LogP contribution is 2.32. The van der Waals surface area contributed by atoms with Gasteiger partial charge in [0.05, 0.1) is 0 Å². The van der Waals surface area contributed by atoms with Gasteiger partial charge in [-0.2, -0.15) is 18.3 Å². The molecule has 0 saturated carbocycles. The molecular weight excluding hydrogens is 195 g/mol. The van der Waals surface area contributed by atoms with Crippen LogP contribution in [0.25, 0.3) is 0 Å². The van der Waals surface area contributed by atoms with Crippen molar-refractivity contribution < 1.29 is 13.2 Å². The second kappa shape index (κ2) is 4.00. The van der Waals surface area contributed by atoms with Gasteiger partial charge >= 0.3 is 6.18 Å². The number of nitrogens with two attached hydrogens (primary N) is 1. The maximum atomic E-state index is 12.6. The third-order valence-corrected chi connectivity index (χ3v) is 2.02. The first-order chi connectivity index (χ1) is 6.46. The molecule has 0 aliphatic rings. The normalized spacial score (nSPS) is 16.6. The Morgan fingerprint density at radius 1 is 1.50 bits per heavy atom. The van der Waals surface area contributed by atoms with E-state index in [2.05, 4.69) is 5.10 Å². The SMILES string of the molecule is CCC(N)C(n1cccn1)C(F)(F)F. The number of rotatable bonds is 3. The molecule has 0 aliphatic carbocycles. The van der Waals surface area contributed by atoms with E-state index in [0.29, 0.717) is 0 Å². The minimum atomic E-state index is -4.36. The van der Waals surface area contributed by atoms with Crippen LogP contribution < -0.4 is 5.73 Å². The molecule has 0 fully saturated rings. The van der Waals surface area contributed by atoms with Crippen LogP contribution in [0.1, 0.15) is 19.4 Å². The Morgan fingerprint density at radius 2 is 2.14 bits per heavy atom. The van der Waals surface area contributed by atoms with Crippen LogP contribution in [0.15, 0.2) is 18.5 Å². The zero-order valence-electron chi connectivity index (χ0n) is 7.70. The largest absolute Gasteiger partial charge is 0.412 e. The molecule has 0 bridgehead atoms. The fraction of sp³-hybridized carbons (Fsp3) is 0.625. The molecule has 1 rings (SSSR count). The van der Waals surface area contributed by atoms with Crippen molar-refractivity contribution in [3.8, 4) is 0 Å². The number of alkyl halides is 3. The summed E-state index contributed by atoms with van der Waals surface area (Å²) in [6.45, 7) is 1.62. The second-order valence-corrected chi connectivity index (χ2v) is 3.04. The van der Waals surface area contributed by atoms with Crippen LogP contribution in [0.2, 0.25) is 0 Å².